The maximum absolute atomic E-state index is 6.33. The fourth-order valence-electron chi connectivity index (χ4n) is 3.90. The third kappa shape index (κ3) is 3.93. The number of rotatable bonds is 4. The van der Waals surface area contributed by atoms with Crippen molar-refractivity contribution in [1.29, 1.82) is 0 Å². The molecule has 146 valence electrons. The SMILES string of the molecule is Cc1cc(N[C@H]2CC[C@H](Oc3cccc4nc(C)cc(N)c34)CC2)nc(N)n1. The van der Waals surface area contributed by atoms with Gasteiger partial charge in [-0.1, -0.05) is 6.07 Å². The second kappa shape index (κ2) is 7.50. The van der Waals surface area contributed by atoms with Gasteiger partial charge in [0.15, 0.2) is 0 Å². The van der Waals surface area contributed by atoms with Crippen LogP contribution in [0.1, 0.15) is 37.1 Å². The van der Waals surface area contributed by atoms with Crippen molar-refractivity contribution in [3.8, 4) is 5.75 Å². The quantitative estimate of drug-likeness (QED) is 0.636. The van der Waals surface area contributed by atoms with Gasteiger partial charge < -0.3 is 21.5 Å². The Morgan fingerprint density at radius 2 is 1.71 bits per heavy atom. The minimum atomic E-state index is 0.168. The number of aromatic nitrogens is 3. The zero-order valence-corrected chi connectivity index (χ0v) is 16.3. The smallest absolute Gasteiger partial charge is 0.222 e. The van der Waals surface area contributed by atoms with E-state index in [1.165, 1.54) is 0 Å². The van der Waals surface area contributed by atoms with Gasteiger partial charge in [-0.2, -0.15) is 4.98 Å². The maximum atomic E-state index is 6.33. The largest absolute Gasteiger partial charge is 0.490 e. The van der Waals surface area contributed by atoms with Gasteiger partial charge >= 0.3 is 0 Å². The van der Waals surface area contributed by atoms with Crippen LogP contribution in [0.15, 0.2) is 30.3 Å². The first-order valence-electron chi connectivity index (χ1n) is 9.68. The van der Waals surface area contributed by atoms with Crippen LogP contribution in [0.25, 0.3) is 10.9 Å². The van der Waals surface area contributed by atoms with Crippen molar-refractivity contribution in [2.24, 2.45) is 0 Å². The van der Waals surface area contributed by atoms with E-state index in [2.05, 4.69) is 20.3 Å². The molecule has 0 bridgehead atoms. The minimum Gasteiger partial charge on any atom is -0.490 e. The van der Waals surface area contributed by atoms with Crippen molar-refractivity contribution < 1.29 is 4.74 Å². The lowest BCUT2D eigenvalue weighted by Gasteiger charge is -2.30. The Labute approximate surface area is 164 Å². The Kier molecular flexibility index (Phi) is 4.90. The second-order valence-corrected chi connectivity index (χ2v) is 7.49. The third-order valence-corrected chi connectivity index (χ3v) is 5.15. The summed E-state index contributed by atoms with van der Waals surface area (Å²) in [5, 5.41) is 4.38. The monoisotopic (exact) mass is 378 g/mol. The van der Waals surface area contributed by atoms with Gasteiger partial charge in [-0.25, -0.2) is 4.98 Å². The molecule has 0 unspecified atom stereocenters. The van der Waals surface area contributed by atoms with E-state index in [-0.39, 0.29) is 6.10 Å². The van der Waals surface area contributed by atoms with Gasteiger partial charge in [-0.3, -0.25) is 4.98 Å². The lowest BCUT2D eigenvalue weighted by Crippen LogP contribution is -2.31. The summed E-state index contributed by atoms with van der Waals surface area (Å²) < 4.78 is 6.33. The van der Waals surface area contributed by atoms with E-state index < -0.39 is 0 Å². The molecule has 2 aromatic heterocycles. The average molecular weight is 378 g/mol. The van der Waals surface area contributed by atoms with Crippen LogP contribution in [0.2, 0.25) is 0 Å². The van der Waals surface area contributed by atoms with Crippen LogP contribution >= 0.6 is 0 Å². The number of aryl methyl sites for hydroxylation is 2. The first-order valence-corrected chi connectivity index (χ1v) is 9.68. The molecule has 0 saturated heterocycles. The van der Waals surface area contributed by atoms with E-state index in [9.17, 15) is 0 Å². The van der Waals surface area contributed by atoms with Gasteiger partial charge in [-0.05, 0) is 57.7 Å². The van der Waals surface area contributed by atoms with Gasteiger partial charge in [0.05, 0.1) is 17.0 Å². The molecule has 1 saturated carbocycles. The molecule has 0 spiro atoms. The molecule has 7 nitrogen and oxygen atoms in total. The topological polar surface area (TPSA) is 112 Å². The number of benzene rings is 1. The van der Waals surface area contributed by atoms with E-state index >= 15 is 0 Å². The molecule has 0 aliphatic heterocycles. The number of hydrogen-bond acceptors (Lipinski definition) is 7. The predicted molar refractivity (Wildman–Crippen MR) is 112 cm³/mol. The number of anilines is 3. The molecule has 0 atom stereocenters. The highest BCUT2D eigenvalue weighted by Crippen LogP contribution is 2.33. The minimum absolute atomic E-state index is 0.168. The summed E-state index contributed by atoms with van der Waals surface area (Å²) in [5.74, 6) is 1.91. The molecule has 5 N–H and O–H groups in total. The molecule has 1 aliphatic rings. The van der Waals surface area contributed by atoms with Crippen LogP contribution < -0.4 is 21.5 Å². The van der Waals surface area contributed by atoms with Crippen molar-refractivity contribution in [3.05, 3.63) is 41.7 Å². The van der Waals surface area contributed by atoms with Crippen LogP contribution in [0.3, 0.4) is 0 Å². The Hall–Kier alpha value is -3.09. The van der Waals surface area contributed by atoms with Crippen LogP contribution in [-0.4, -0.2) is 27.1 Å². The summed E-state index contributed by atoms with van der Waals surface area (Å²) in [4.78, 5) is 13.0. The molecule has 4 rings (SSSR count). The number of nitrogen functional groups attached to an aromatic ring is 2. The van der Waals surface area contributed by atoms with Crippen molar-refractivity contribution in [2.45, 2.75) is 51.7 Å². The summed E-state index contributed by atoms with van der Waals surface area (Å²) in [6.07, 6.45) is 4.11. The Bertz CT molecular complexity index is 977. The van der Waals surface area contributed by atoms with Gasteiger partial charge in [0.25, 0.3) is 0 Å². The highest BCUT2D eigenvalue weighted by atomic mass is 16.5. The summed E-state index contributed by atoms with van der Waals surface area (Å²) in [7, 11) is 0. The molecular formula is C21H26N6O. The van der Waals surface area contributed by atoms with Crippen molar-refractivity contribution in [3.63, 3.8) is 0 Å². The summed E-state index contributed by atoms with van der Waals surface area (Å²) in [6, 6.07) is 10.1. The van der Waals surface area contributed by atoms with Crippen LogP contribution in [0.5, 0.6) is 5.75 Å². The number of hydrogen-bond donors (Lipinski definition) is 3. The van der Waals surface area contributed by atoms with Crippen molar-refractivity contribution >= 4 is 28.4 Å². The fraction of sp³-hybridized carbons (Fsp3) is 0.381. The summed E-state index contributed by atoms with van der Waals surface area (Å²) in [6.45, 7) is 3.87. The molecule has 28 heavy (non-hydrogen) atoms. The number of fused-ring (bicyclic) bond motifs is 1. The number of nitrogens with one attached hydrogen (secondary N) is 1. The first-order chi connectivity index (χ1) is 13.5. The average Bonchev–Trinajstić information content (AvgIpc) is 2.62. The molecule has 1 fully saturated rings. The van der Waals surface area contributed by atoms with Gasteiger partial charge in [0, 0.05) is 29.2 Å². The van der Waals surface area contributed by atoms with Gasteiger partial charge in [0.2, 0.25) is 5.95 Å². The molecule has 0 radical (unpaired) electrons. The molecule has 3 aromatic rings. The molecule has 2 heterocycles. The predicted octanol–water partition coefficient (Wildman–Crippen LogP) is 3.61. The lowest BCUT2D eigenvalue weighted by atomic mass is 9.93. The number of pyridine rings is 1. The van der Waals surface area contributed by atoms with Crippen LogP contribution in [-0.2, 0) is 0 Å². The molecule has 1 aliphatic carbocycles. The number of nitrogens with zero attached hydrogens (tertiary/aromatic N) is 3. The Morgan fingerprint density at radius 1 is 0.964 bits per heavy atom. The molecule has 1 aromatic carbocycles. The van der Waals surface area contributed by atoms with Gasteiger partial charge in [-0.15, -0.1) is 0 Å². The molecular weight excluding hydrogens is 352 g/mol. The normalized spacial score (nSPS) is 19.5. The van der Waals surface area contributed by atoms with Crippen LogP contribution in [0, 0.1) is 13.8 Å². The van der Waals surface area contributed by atoms with Gasteiger partial charge in [0.1, 0.15) is 11.6 Å². The van der Waals surface area contributed by atoms with E-state index in [1.807, 2.05) is 44.2 Å². The molecule has 7 heteroatoms. The second-order valence-electron chi connectivity index (χ2n) is 7.49. The van der Waals surface area contributed by atoms with Crippen molar-refractivity contribution in [2.75, 3.05) is 16.8 Å². The van der Waals surface area contributed by atoms with E-state index in [0.29, 0.717) is 17.7 Å². The van der Waals surface area contributed by atoms with E-state index in [0.717, 1.165) is 59.5 Å². The highest BCUT2D eigenvalue weighted by molar-refractivity contribution is 5.95. The first kappa shape index (κ1) is 18.3. The van der Waals surface area contributed by atoms with Crippen LogP contribution in [0.4, 0.5) is 17.5 Å². The van der Waals surface area contributed by atoms with E-state index in [4.69, 9.17) is 16.2 Å². The summed E-state index contributed by atoms with van der Waals surface area (Å²) in [5.41, 5.74) is 15.4. The lowest BCUT2D eigenvalue weighted by molar-refractivity contribution is 0.152. The fourth-order valence-corrected chi connectivity index (χ4v) is 3.90. The number of ether oxygens (including phenoxy) is 1. The zero-order valence-electron chi connectivity index (χ0n) is 16.3. The number of nitrogens with two attached hydrogens (primary N) is 2. The zero-order chi connectivity index (χ0) is 19.7. The van der Waals surface area contributed by atoms with Crippen molar-refractivity contribution in [1.82, 2.24) is 15.0 Å². The summed E-state index contributed by atoms with van der Waals surface area (Å²) >= 11 is 0. The standard InChI is InChI=1S/C21H26N6O/c1-12-10-16(22)20-17(24-12)4-3-5-18(20)28-15-8-6-14(7-9-15)26-19-11-13(2)25-21(23)27-19/h3-5,10-11,14-15H,6-9H2,1-2H3,(H2,22,24)(H3,23,25,26,27)/t14-,15-. The molecule has 0 amide bonds. The Morgan fingerprint density at radius 3 is 2.46 bits per heavy atom. The van der Waals surface area contributed by atoms with E-state index in [1.54, 1.807) is 0 Å². The Balaban J connectivity index is 1.42. The highest BCUT2D eigenvalue weighted by Gasteiger charge is 2.23. The third-order valence-electron chi connectivity index (χ3n) is 5.15. The maximum Gasteiger partial charge on any atom is 0.222 e.